The number of aliphatic hydroxyl groups is 1. The van der Waals surface area contributed by atoms with E-state index in [1.807, 2.05) is 19.0 Å². The molecule has 0 aliphatic carbocycles. The number of hydrogen-bond acceptors (Lipinski definition) is 4. The van der Waals surface area contributed by atoms with Gasteiger partial charge in [0.25, 0.3) is 0 Å². The van der Waals surface area contributed by atoms with E-state index in [0.29, 0.717) is 0 Å². The number of piperazine rings is 1. The average Bonchev–Trinajstić information content (AvgIpc) is 2.05. The van der Waals surface area contributed by atoms with E-state index in [1.165, 1.54) is 0 Å². The molecule has 4 heteroatoms. The quantitative estimate of drug-likeness (QED) is 0.493. The highest BCUT2D eigenvalue weighted by Gasteiger charge is 2.18. The van der Waals surface area contributed by atoms with Crippen molar-refractivity contribution in [1.82, 2.24) is 15.1 Å². The molecular formula is C7H17N3O. The van der Waals surface area contributed by atoms with Crippen LogP contribution < -0.4 is 5.32 Å². The van der Waals surface area contributed by atoms with Gasteiger partial charge < -0.3 is 10.4 Å². The van der Waals surface area contributed by atoms with Gasteiger partial charge in [0.05, 0.1) is 0 Å². The largest absolute Gasteiger partial charge is 0.365 e. The minimum atomic E-state index is -0.419. The maximum absolute atomic E-state index is 9.58. The molecule has 1 fully saturated rings. The first-order chi connectivity index (χ1) is 5.22. The number of nitrogens with zero attached hydrogens (tertiary/aromatic N) is 2. The molecule has 0 bridgehead atoms. The standard InChI is InChI=1S/C7H17N3O/c1-9(2)7(11)10-5-3-8-4-6-10/h7-8,11H,3-6H2,1-2H3. The lowest BCUT2D eigenvalue weighted by atomic mass is 10.4. The van der Waals surface area contributed by atoms with E-state index in [9.17, 15) is 5.11 Å². The molecule has 0 aromatic rings. The molecule has 0 amide bonds. The van der Waals surface area contributed by atoms with Crippen LogP contribution in [0.4, 0.5) is 0 Å². The van der Waals surface area contributed by atoms with Gasteiger partial charge in [-0.15, -0.1) is 0 Å². The van der Waals surface area contributed by atoms with E-state index in [0.717, 1.165) is 26.2 Å². The Morgan fingerprint density at radius 3 is 2.36 bits per heavy atom. The van der Waals surface area contributed by atoms with Gasteiger partial charge in [-0.1, -0.05) is 0 Å². The van der Waals surface area contributed by atoms with E-state index in [2.05, 4.69) is 10.2 Å². The van der Waals surface area contributed by atoms with Gasteiger partial charge in [-0.25, -0.2) is 0 Å². The highest BCUT2D eigenvalue weighted by atomic mass is 16.3. The Morgan fingerprint density at radius 2 is 1.91 bits per heavy atom. The highest BCUT2D eigenvalue weighted by molar-refractivity contribution is 4.68. The van der Waals surface area contributed by atoms with E-state index in [1.54, 1.807) is 0 Å². The van der Waals surface area contributed by atoms with Crippen LogP contribution >= 0.6 is 0 Å². The molecule has 4 nitrogen and oxygen atoms in total. The van der Waals surface area contributed by atoms with Gasteiger partial charge in [0, 0.05) is 26.2 Å². The summed E-state index contributed by atoms with van der Waals surface area (Å²) in [7, 11) is 3.76. The molecule has 1 saturated heterocycles. The number of hydrogen-bond donors (Lipinski definition) is 2. The van der Waals surface area contributed by atoms with Gasteiger partial charge in [0.15, 0.2) is 6.35 Å². The van der Waals surface area contributed by atoms with Crippen molar-refractivity contribution in [1.29, 1.82) is 0 Å². The van der Waals surface area contributed by atoms with Gasteiger partial charge >= 0.3 is 0 Å². The predicted octanol–water partition coefficient (Wildman–Crippen LogP) is -1.27. The summed E-state index contributed by atoms with van der Waals surface area (Å²) in [6, 6.07) is 0. The zero-order chi connectivity index (χ0) is 8.27. The van der Waals surface area contributed by atoms with Crippen LogP contribution in [-0.4, -0.2) is 61.5 Å². The van der Waals surface area contributed by atoms with Gasteiger partial charge in [-0.3, -0.25) is 9.80 Å². The van der Waals surface area contributed by atoms with Crippen molar-refractivity contribution in [2.45, 2.75) is 6.35 Å². The maximum Gasteiger partial charge on any atom is 0.165 e. The van der Waals surface area contributed by atoms with Crippen molar-refractivity contribution >= 4 is 0 Å². The molecule has 66 valence electrons. The van der Waals surface area contributed by atoms with Crippen molar-refractivity contribution < 1.29 is 5.11 Å². The van der Waals surface area contributed by atoms with Gasteiger partial charge in [0.2, 0.25) is 0 Å². The highest BCUT2D eigenvalue weighted by Crippen LogP contribution is 1.99. The molecule has 1 rings (SSSR count). The summed E-state index contributed by atoms with van der Waals surface area (Å²) in [5.74, 6) is 0. The lowest BCUT2D eigenvalue weighted by Gasteiger charge is -2.34. The Kier molecular flexibility index (Phi) is 3.26. The summed E-state index contributed by atoms with van der Waals surface area (Å²) in [5, 5.41) is 12.8. The van der Waals surface area contributed by atoms with Crippen LogP contribution in [-0.2, 0) is 0 Å². The fraction of sp³-hybridized carbons (Fsp3) is 1.00. The lowest BCUT2D eigenvalue weighted by molar-refractivity contribution is -0.0941. The first-order valence-electron chi connectivity index (χ1n) is 4.01. The fourth-order valence-electron chi connectivity index (χ4n) is 1.24. The summed E-state index contributed by atoms with van der Waals surface area (Å²) in [6.45, 7) is 3.81. The van der Waals surface area contributed by atoms with Crippen LogP contribution in [0.5, 0.6) is 0 Å². The number of rotatable bonds is 2. The minimum Gasteiger partial charge on any atom is -0.365 e. The molecule has 1 heterocycles. The monoisotopic (exact) mass is 159 g/mol. The SMILES string of the molecule is CN(C)C(O)N1CCNCC1. The third kappa shape index (κ3) is 2.41. The minimum absolute atomic E-state index is 0.419. The second-order valence-electron chi connectivity index (χ2n) is 3.10. The zero-order valence-corrected chi connectivity index (χ0v) is 7.25. The van der Waals surface area contributed by atoms with Crippen molar-refractivity contribution in [3.05, 3.63) is 0 Å². The predicted molar refractivity (Wildman–Crippen MR) is 44.1 cm³/mol. The molecular weight excluding hydrogens is 142 g/mol. The second kappa shape index (κ2) is 4.01. The normalized spacial score (nSPS) is 24.0. The first-order valence-corrected chi connectivity index (χ1v) is 4.01. The molecule has 0 spiro atoms. The summed E-state index contributed by atoms with van der Waals surface area (Å²) in [4.78, 5) is 3.86. The van der Waals surface area contributed by atoms with E-state index in [-0.39, 0.29) is 0 Å². The smallest absolute Gasteiger partial charge is 0.165 e. The molecule has 1 atom stereocenters. The van der Waals surface area contributed by atoms with Crippen LogP contribution in [0.3, 0.4) is 0 Å². The van der Waals surface area contributed by atoms with E-state index >= 15 is 0 Å². The Morgan fingerprint density at radius 1 is 1.36 bits per heavy atom. The maximum atomic E-state index is 9.58. The summed E-state index contributed by atoms with van der Waals surface area (Å²) in [6.07, 6.45) is -0.419. The third-order valence-electron chi connectivity index (χ3n) is 1.94. The van der Waals surface area contributed by atoms with Gasteiger partial charge in [0.1, 0.15) is 0 Å². The van der Waals surface area contributed by atoms with Gasteiger partial charge in [-0.05, 0) is 14.1 Å². The average molecular weight is 159 g/mol. The van der Waals surface area contributed by atoms with Crippen LogP contribution in [0, 0.1) is 0 Å². The topological polar surface area (TPSA) is 38.7 Å². The van der Waals surface area contributed by atoms with Crippen LogP contribution in [0.1, 0.15) is 0 Å². The van der Waals surface area contributed by atoms with E-state index < -0.39 is 6.35 Å². The lowest BCUT2D eigenvalue weighted by Crippen LogP contribution is -2.53. The first kappa shape index (κ1) is 8.93. The molecule has 0 aromatic carbocycles. The van der Waals surface area contributed by atoms with Crippen molar-refractivity contribution in [3.63, 3.8) is 0 Å². The number of nitrogens with one attached hydrogen (secondary N) is 1. The van der Waals surface area contributed by atoms with E-state index in [4.69, 9.17) is 0 Å². The third-order valence-corrected chi connectivity index (χ3v) is 1.94. The van der Waals surface area contributed by atoms with Crippen molar-refractivity contribution in [2.24, 2.45) is 0 Å². The van der Waals surface area contributed by atoms with Gasteiger partial charge in [-0.2, -0.15) is 0 Å². The molecule has 0 saturated carbocycles. The fourth-order valence-corrected chi connectivity index (χ4v) is 1.24. The summed E-state index contributed by atoms with van der Waals surface area (Å²) in [5.41, 5.74) is 0. The molecule has 0 radical (unpaired) electrons. The zero-order valence-electron chi connectivity index (χ0n) is 7.25. The molecule has 11 heavy (non-hydrogen) atoms. The summed E-state index contributed by atoms with van der Waals surface area (Å²) < 4.78 is 0. The van der Waals surface area contributed by atoms with Crippen LogP contribution in [0.2, 0.25) is 0 Å². The molecule has 2 N–H and O–H groups in total. The number of aliphatic hydroxyl groups excluding tert-OH is 1. The van der Waals surface area contributed by atoms with Crippen LogP contribution in [0.25, 0.3) is 0 Å². The Bertz CT molecular complexity index is 112. The summed E-state index contributed by atoms with van der Waals surface area (Å²) >= 11 is 0. The van der Waals surface area contributed by atoms with Crippen molar-refractivity contribution in [2.75, 3.05) is 40.3 Å². The second-order valence-corrected chi connectivity index (χ2v) is 3.10. The Balaban J connectivity index is 2.32. The van der Waals surface area contributed by atoms with Crippen LogP contribution in [0.15, 0.2) is 0 Å². The Labute approximate surface area is 67.8 Å². The van der Waals surface area contributed by atoms with Crippen molar-refractivity contribution in [3.8, 4) is 0 Å². The molecule has 1 aliphatic heterocycles. The molecule has 1 unspecified atom stereocenters. The Hall–Kier alpha value is -0.160. The molecule has 0 aromatic heterocycles. The molecule has 1 aliphatic rings.